The second-order valence-electron chi connectivity index (χ2n) is 4.40. The maximum atomic E-state index is 5.33. The van der Waals surface area contributed by atoms with E-state index < -0.39 is 0 Å². The zero-order chi connectivity index (χ0) is 11.3. The van der Waals surface area contributed by atoms with Crippen molar-refractivity contribution in [2.24, 2.45) is 10.8 Å². The lowest BCUT2D eigenvalue weighted by Crippen LogP contribution is -2.53. The third-order valence-corrected chi connectivity index (χ3v) is 3.43. The lowest BCUT2D eigenvalue weighted by Gasteiger charge is -2.36. The molecule has 4 N–H and O–H groups in total. The van der Waals surface area contributed by atoms with Gasteiger partial charge in [-0.2, -0.15) is 0 Å². The Kier molecular flexibility index (Phi) is 4.35. The van der Waals surface area contributed by atoms with Crippen molar-refractivity contribution in [1.82, 2.24) is 15.6 Å². The molecule has 0 bridgehead atoms. The van der Waals surface area contributed by atoms with Crippen LogP contribution in [0.5, 0.6) is 0 Å². The van der Waals surface area contributed by atoms with Crippen molar-refractivity contribution < 1.29 is 0 Å². The topological polar surface area (TPSA) is 65.7 Å². The third kappa shape index (κ3) is 2.82. The fraction of sp³-hybridized carbons (Fsp3) is 0.900. The van der Waals surface area contributed by atoms with Crippen molar-refractivity contribution in [2.75, 3.05) is 27.7 Å². The highest BCUT2D eigenvalue weighted by atomic mass is 15.3. The average molecular weight is 213 g/mol. The zero-order valence-electron chi connectivity index (χ0n) is 10.0. The van der Waals surface area contributed by atoms with Crippen LogP contribution in [0.25, 0.3) is 0 Å². The van der Waals surface area contributed by atoms with Crippen molar-refractivity contribution in [1.29, 1.82) is 0 Å². The number of guanidine groups is 1. The van der Waals surface area contributed by atoms with E-state index in [0.717, 1.165) is 6.54 Å². The molecule has 1 aliphatic carbocycles. The van der Waals surface area contributed by atoms with Gasteiger partial charge in [0.15, 0.2) is 0 Å². The molecule has 1 fully saturated rings. The summed E-state index contributed by atoms with van der Waals surface area (Å²) in [6.45, 7) is 0.900. The molecule has 5 nitrogen and oxygen atoms in total. The summed E-state index contributed by atoms with van der Waals surface area (Å²) < 4.78 is 0. The van der Waals surface area contributed by atoms with Crippen LogP contribution in [0, 0.1) is 0 Å². The van der Waals surface area contributed by atoms with Gasteiger partial charge in [0.25, 0.3) is 0 Å². The number of hydrogen-bond acceptors (Lipinski definition) is 3. The van der Waals surface area contributed by atoms with E-state index in [9.17, 15) is 0 Å². The van der Waals surface area contributed by atoms with Crippen LogP contribution in [-0.2, 0) is 0 Å². The second kappa shape index (κ2) is 5.32. The molecule has 1 aliphatic rings. The maximum absolute atomic E-state index is 5.33. The van der Waals surface area contributed by atoms with Crippen LogP contribution in [0.15, 0.2) is 4.99 Å². The third-order valence-electron chi connectivity index (χ3n) is 3.43. The Morgan fingerprint density at radius 3 is 2.40 bits per heavy atom. The molecular weight excluding hydrogens is 190 g/mol. The normalized spacial score (nSPS) is 20.7. The van der Waals surface area contributed by atoms with Crippen molar-refractivity contribution in [3.8, 4) is 0 Å². The van der Waals surface area contributed by atoms with E-state index in [1.54, 1.807) is 7.05 Å². The van der Waals surface area contributed by atoms with Gasteiger partial charge in [-0.25, -0.2) is 5.84 Å². The molecule has 0 unspecified atom stereocenters. The van der Waals surface area contributed by atoms with Gasteiger partial charge in [0.05, 0.1) is 0 Å². The monoisotopic (exact) mass is 213 g/mol. The summed E-state index contributed by atoms with van der Waals surface area (Å²) >= 11 is 0. The van der Waals surface area contributed by atoms with Gasteiger partial charge in [0.2, 0.25) is 5.96 Å². The van der Waals surface area contributed by atoms with Crippen molar-refractivity contribution in [3.63, 3.8) is 0 Å². The fourth-order valence-corrected chi connectivity index (χ4v) is 2.26. The summed E-state index contributed by atoms with van der Waals surface area (Å²) in [5.74, 6) is 5.99. The van der Waals surface area contributed by atoms with Crippen molar-refractivity contribution >= 4 is 5.96 Å². The van der Waals surface area contributed by atoms with Gasteiger partial charge in [0.1, 0.15) is 0 Å². The molecule has 0 heterocycles. The number of nitrogens with two attached hydrogens (primary N) is 1. The Morgan fingerprint density at radius 1 is 1.40 bits per heavy atom. The number of hydrazine groups is 1. The number of nitrogens with one attached hydrogen (secondary N) is 2. The molecule has 5 heteroatoms. The van der Waals surface area contributed by atoms with Gasteiger partial charge < -0.3 is 10.2 Å². The summed E-state index contributed by atoms with van der Waals surface area (Å²) in [4.78, 5) is 6.33. The first-order valence-corrected chi connectivity index (χ1v) is 5.49. The lowest BCUT2D eigenvalue weighted by molar-refractivity contribution is 0.160. The van der Waals surface area contributed by atoms with Crippen molar-refractivity contribution in [3.05, 3.63) is 0 Å². The van der Waals surface area contributed by atoms with Crippen LogP contribution >= 0.6 is 0 Å². The van der Waals surface area contributed by atoms with Gasteiger partial charge >= 0.3 is 0 Å². The number of aliphatic imine (C=N–C) groups is 1. The standard InChI is InChI=1S/C10H23N5/c1-12-9(14-11)13-8-10(15(2)3)6-4-5-7-10/h4-8,11H2,1-3H3,(H2,12,13,14). The molecule has 15 heavy (non-hydrogen) atoms. The molecule has 0 spiro atoms. The summed E-state index contributed by atoms with van der Waals surface area (Å²) in [6, 6.07) is 0. The smallest absolute Gasteiger partial charge is 0.205 e. The Morgan fingerprint density at radius 2 is 2.00 bits per heavy atom. The van der Waals surface area contributed by atoms with E-state index in [1.165, 1.54) is 25.7 Å². The summed E-state index contributed by atoms with van der Waals surface area (Å²) in [6.07, 6.45) is 5.12. The average Bonchev–Trinajstić information content (AvgIpc) is 2.69. The zero-order valence-corrected chi connectivity index (χ0v) is 10.0. The minimum Gasteiger partial charge on any atom is -0.353 e. The van der Waals surface area contributed by atoms with Crippen LogP contribution < -0.4 is 16.6 Å². The first-order chi connectivity index (χ1) is 7.14. The minimum absolute atomic E-state index is 0.271. The summed E-state index contributed by atoms with van der Waals surface area (Å²) in [5.41, 5.74) is 2.82. The number of likely N-dealkylation sites (N-methyl/N-ethyl adjacent to an activating group) is 1. The molecule has 1 rings (SSSR count). The highest BCUT2D eigenvalue weighted by molar-refractivity contribution is 5.79. The predicted octanol–water partition coefficient (Wildman–Crippen LogP) is -0.100. The number of rotatable bonds is 3. The van der Waals surface area contributed by atoms with Crippen LogP contribution in [-0.4, -0.2) is 44.1 Å². The van der Waals surface area contributed by atoms with E-state index in [4.69, 9.17) is 5.84 Å². The van der Waals surface area contributed by atoms with E-state index in [-0.39, 0.29) is 5.54 Å². The highest BCUT2D eigenvalue weighted by Crippen LogP contribution is 2.32. The Labute approximate surface area is 92.1 Å². The largest absolute Gasteiger partial charge is 0.353 e. The number of nitrogens with zero attached hydrogens (tertiary/aromatic N) is 2. The van der Waals surface area contributed by atoms with Gasteiger partial charge in [-0.1, -0.05) is 12.8 Å². The van der Waals surface area contributed by atoms with E-state index in [1.807, 2.05) is 0 Å². The summed E-state index contributed by atoms with van der Waals surface area (Å²) in [7, 11) is 6.01. The Hall–Kier alpha value is -0.810. The fourth-order valence-electron chi connectivity index (χ4n) is 2.26. The molecule has 0 aromatic rings. The van der Waals surface area contributed by atoms with Crippen LogP contribution in [0.3, 0.4) is 0 Å². The molecule has 0 aromatic heterocycles. The number of hydrogen-bond donors (Lipinski definition) is 3. The second-order valence-corrected chi connectivity index (χ2v) is 4.40. The molecule has 88 valence electrons. The lowest BCUT2D eigenvalue weighted by atomic mass is 9.96. The molecule has 0 aliphatic heterocycles. The van der Waals surface area contributed by atoms with Gasteiger partial charge in [-0.3, -0.25) is 10.4 Å². The van der Waals surface area contributed by atoms with Gasteiger partial charge in [0, 0.05) is 19.1 Å². The van der Waals surface area contributed by atoms with E-state index in [0.29, 0.717) is 5.96 Å². The quantitative estimate of drug-likeness (QED) is 0.265. The molecule has 0 radical (unpaired) electrons. The Balaban J connectivity index is 2.53. The SMILES string of the molecule is CN=C(NN)NCC1(N(C)C)CCCC1. The molecule has 1 saturated carbocycles. The molecule has 0 atom stereocenters. The van der Waals surface area contributed by atoms with E-state index >= 15 is 0 Å². The molecular formula is C10H23N5. The van der Waals surface area contributed by atoms with Gasteiger partial charge in [-0.05, 0) is 26.9 Å². The summed E-state index contributed by atoms with van der Waals surface area (Å²) in [5, 5.41) is 3.26. The molecule has 0 amide bonds. The predicted molar refractivity (Wildman–Crippen MR) is 63.6 cm³/mol. The van der Waals surface area contributed by atoms with Crippen LogP contribution in [0.4, 0.5) is 0 Å². The van der Waals surface area contributed by atoms with Crippen LogP contribution in [0.2, 0.25) is 0 Å². The van der Waals surface area contributed by atoms with Crippen LogP contribution in [0.1, 0.15) is 25.7 Å². The first-order valence-electron chi connectivity index (χ1n) is 5.49. The highest BCUT2D eigenvalue weighted by Gasteiger charge is 2.35. The minimum atomic E-state index is 0.271. The maximum Gasteiger partial charge on any atom is 0.205 e. The van der Waals surface area contributed by atoms with Crippen molar-refractivity contribution in [2.45, 2.75) is 31.2 Å². The molecule has 0 aromatic carbocycles. The first kappa shape index (κ1) is 12.3. The van der Waals surface area contributed by atoms with E-state index in [2.05, 4.69) is 34.7 Å². The van der Waals surface area contributed by atoms with Gasteiger partial charge in [-0.15, -0.1) is 0 Å². The Bertz CT molecular complexity index is 218. The molecule has 0 saturated heterocycles.